The van der Waals surface area contributed by atoms with Gasteiger partial charge in [-0.15, -0.1) is 0 Å². The number of rotatable bonds is 7. The van der Waals surface area contributed by atoms with Crippen LogP contribution in [-0.4, -0.2) is 37.0 Å². The lowest BCUT2D eigenvalue weighted by molar-refractivity contribution is 0.0946. The first kappa shape index (κ1) is 19.6. The van der Waals surface area contributed by atoms with Crippen LogP contribution < -0.4 is 10.1 Å². The molecule has 1 aromatic heterocycles. The van der Waals surface area contributed by atoms with E-state index >= 15 is 0 Å². The third-order valence-electron chi connectivity index (χ3n) is 4.37. The maximum absolute atomic E-state index is 12.8. The molecule has 3 rings (SSSR count). The number of methoxy groups -OCH3 is 1. The quantitative estimate of drug-likeness (QED) is 0.683. The minimum absolute atomic E-state index is 0.190. The van der Waals surface area contributed by atoms with Crippen molar-refractivity contribution in [2.45, 2.75) is 13.1 Å². The fourth-order valence-electron chi connectivity index (χ4n) is 3.03. The number of aromatic nitrogens is 1. The summed E-state index contributed by atoms with van der Waals surface area (Å²) in [6.07, 6.45) is 1.65. The molecule has 0 bridgehead atoms. The van der Waals surface area contributed by atoms with Gasteiger partial charge >= 0.3 is 0 Å². The average Bonchev–Trinajstić information content (AvgIpc) is 2.72. The van der Waals surface area contributed by atoms with Crippen molar-refractivity contribution >= 4 is 5.91 Å². The van der Waals surface area contributed by atoms with Crippen molar-refractivity contribution in [1.82, 2.24) is 15.2 Å². The van der Waals surface area contributed by atoms with Gasteiger partial charge in [-0.2, -0.15) is 0 Å². The smallest absolute Gasteiger partial charge is 0.270 e. The summed E-state index contributed by atoms with van der Waals surface area (Å²) < 4.78 is 5.16. The molecular weight excluding hydrogens is 350 g/mol. The Bertz CT molecular complexity index is 937. The summed E-state index contributed by atoms with van der Waals surface area (Å²) in [4.78, 5) is 19.3. The molecule has 0 spiro atoms. The third-order valence-corrected chi connectivity index (χ3v) is 4.37. The summed E-state index contributed by atoms with van der Waals surface area (Å²) in [5, 5.41) is 2.96. The van der Waals surface area contributed by atoms with Gasteiger partial charge in [0.1, 0.15) is 11.4 Å². The van der Waals surface area contributed by atoms with E-state index in [0.29, 0.717) is 12.2 Å². The van der Waals surface area contributed by atoms with E-state index in [9.17, 15) is 4.79 Å². The van der Waals surface area contributed by atoms with E-state index in [1.54, 1.807) is 13.3 Å². The zero-order valence-electron chi connectivity index (χ0n) is 16.5. The second-order valence-corrected chi connectivity index (χ2v) is 6.87. The molecular formula is C23H25N3O2. The van der Waals surface area contributed by atoms with Crippen molar-refractivity contribution in [2.75, 3.05) is 21.2 Å². The summed E-state index contributed by atoms with van der Waals surface area (Å²) in [6, 6.07) is 19.6. The fourth-order valence-corrected chi connectivity index (χ4v) is 3.03. The Morgan fingerprint density at radius 1 is 1.04 bits per heavy atom. The number of benzene rings is 2. The standard InChI is InChI=1S/C23H25N3O2/c1-26(2)16-18-6-4-7-19(14-18)21-8-5-13-24-22(21)23(27)25-15-17-9-11-20(28-3)12-10-17/h4-14H,15-16H2,1-3H3,(H,25,27). The van der Waals surface area contributed by atoms with E-state index < -0.39 is 0 Å². The molecule has 2 aromatic carbocycles. The summed E-state index contributed by atoms with van der Waals surface area (Å²) in [6.45, 7) is 1.27. The average molecular weight is 375 g/mol. The van der Waals surface area contributed by atoms with Crippen LogP contribution in [0, 0.1) is 0 Å². The van der Waals surface area contributed by atoms with E-state index in [0.717, 1.165) is 29.0 Å². The molecule has 0 aliphatic rings. The molecule has 1 amide bonds. The predicted molar refractivity (Wildman–Crippen MR) is 111 cm³/mol. The fraction of sp³-hybridized carbons (Fsp3) is 0.217. The Labute approximate surface area is 166 Å². The van der Waals surface area contributed by atoms with Gasteiger partial charge in [0, 0.05) is 24.8 Å². The Hall–Kier alpha value is -3.18. The first-order valence-electron chi connectivity index (χ1n) is 9.17. The first-order chi connectivity index (χ1) is 13.6. The van der Waals surface area contributed by atoms with Crippen LogP contribution in [0.5, 0.6) is 5.75 Å². The van der Waals surface area contributed by atoms with E-state index in [2.05, 4.69) is 27.3 Å². The van der Waals surface area contributed by atoms with Crippen molar-refractivity contribution in [3.63, 3.8) is 0 Å². The maximum atomic E-state index is 12.8. The molecule has 5 heteroatoms. The summed E-state index contributed by atoms with van der Waals surface area (Å²) in [5.74, 6) is 0.601. The highest BCUT2D eigenvalue weighted by molar-refractivity contribution is 5.98. The molecule has 5 nitrogen and oxygen atoms in total. The number of hydrogen-bond acceptors (Lipinski definition) is 4. The van der Waals surface area contributed by atoms with Gasteiger partial charge in [0.2, 0.25) is 0 Å². The molecule has 0 radical (unpaired) electrons. The summed E-state index contributed by atoms with van der Waals surface area (Å²) in [5.41, 5.74) is 4.44. The lowest BCUT2D eigenvalue weighted by Gasteiger charge is -2.13. The van der Waals surface area contributed by atoms with Gasteiger partial charge < -0.3 is 15.0 Å². The number of ether oxygens (including phenoxy) is 1. The SMILES string of the molecule is COc1ccc(CNC(=O)c2ncccc2-c2cccc(CN(C)C)c2)cc1. The lowest BCUT2D eigenvalue weighted by atomic mass is 10.0. The predicted octanol–water partition coefficient (Wildman–Crippen LogP) is 3.75. The van der Waals surface area contributed by atoms with Crippen molar-refractivity contribution < 1.29 is 9.53 Å². The molecule has 1 N–H and O–H groups in total. The van der Waals surface area contributed by atoms with Crippen molar-refractivity contribution in [3.8, 4) is 16.9 Å². The zero-order valence-corrected chi connectivity index (χ0v) is 16.5. The topological polar surface area (TPSA) is 54.5 Å². The highest BCUT2D eigenvalue weighted by Crippen LogP contribution is 2.24. The third kappa shape index (κ3) is 4.96. The van der Waals surface area contributed by atoms with Crippen LogP contribution in [0.2, 0.25) is 0 Å². The molecule has 144 valence electrons. The van der Waals surface area contributed by atoms with Gasteiger partial charge in [-0.3, -0.25) is 9.78 Å². The Kier molecular flexibility index (Phi) is 6.40. The van der Waals surface area contributed by atoms with Crippen LogP contribution in [0.15, 0.2) is 66.9 Å². The number of amides is 1. The van der Waals surface area contributed by atoms with Crippen molar-refractivity contribution in [2.24, 2.45) is 0 Å². The second-order valence-electron chi connectivity index (χ2n) is 6.87. The second kappa shape index (κ2) is 9.15. The molecule has 1 heterocycles. The van der Waals surface area contributed by atoms with Crippen LogP contribution in [0.1, 0.15) is 21.6 Å². The van der Waals surface area contributed by atoms with Gasteiger partial charge in [0.15, 0.2) is 0 Å². The number of carbonyl (C=O) groups excluding carboxylic acids is 1. The van der Waals surface area contributed by atoms with E-state index in [1.807, 2.05) is 62.6 Å². The largest absolute Gasteiger partial charge is 0.497 e. The highest BCUT2D eigenvalue weighted by atomic mass is 16.5. The number of pyridine rings is 1. The highest BCUT2D eigenvalue weighted by Gasteiger charge is 2.14. The van der Waals surface area contributed by atoms with Crippen molar-refractivity contribution in [1.29, 1.82) is 0 Å². The number of nitrogens with one attached hydrogen (secondary N) is 1. The number of nitrogens with zero attached hydrogens (tertiary/aromatic N) is 2. The number of hydrogen-bond donors (Lipinski definition) is 1. The molecule has 0 saturated carbocycles. The molecule has 3 aromatic rings. The van der Waals surface area contributed by atoms with Crippen LogP contribution >= 0.6 is 0 Å². The van der Waals surface area contributed by atoms with Crippen LogP contribution in [0.3, 0.4) is 0 Å². The zero-order chi connectivity index (χ0) is 19.9. The monoisotopic (exact) mass is 375 g/mol. The van der Waals surface area contributed by atoms with E-state index in [-0.39, 0.29) is 5.91 Å². The van der Waals surface area contributed by atoms with Gasteiger partial charge in [-0.25, -0.2) is 0 Å². The molecule has 0 aliphatic carbocycles. The molecule has 0 atom stereocenters. The Balaban J connectivity index is 1.78. The van der Waals surface area contributed by atoms with E-state index in [1.165, 1.54) is 5.56 Å². The maximum Gasteiger partial charge on any atom is 0.270 e. The molecule has 28 heavy (non-hydrogen) atoms. The Morgan fingerprint density at radius 2 is 1.82 bits per heavy atom. The minimum Gasteiger partial charge on any atom is -0.497 e. The van der Waals surface area contributed by atoms with E-state index in [4.69, 9.17) is 4.74 Å². The minimum atomic E-state index is -0.190. The van der Waals surface area contributed by atoms with Crippen molar-refractivity contribution in [3.05, 3.63) is 83.7 Å². The van der Waals surface area contributed by atoms with Gasteiger partial charge in [0.05, 0.1) is 7.11 Å². The lowest BCUT2D eigenvalue weighted by Crippen LogP contribution is -2.24. The van der Waals surface area contributed by atoms with Crippen LogP contribution in [0.25, 0.3) is 11.1 Å². The molecule has 0 saturated heterocycles. The summed E-state index contributed by atoms with van der Waals surface area (Å²) in [7, 11) is 5.70. The summed E-state index contributed by atoms with van der Waals surface area (Å²) >= 11 is 0. The molecule has 0 aliphatic heterocycles. The molecule has 0 unspecified atom stereocenters. The first-order valence-corrected chi connectivity index (χ1v) is 9.17. The van der Waals surface area contributed by atoms with Gasteiger partial charge in [-0.05, 0) is 55.1 Å². The van der Waals surface area contributed by atoms with Crippen LogP contribution in [-0.2, 0) is 13.1 Å². The van der Waals surface area contributed by atoms with Gasteiger partial charge in [0.25, 0.3) is 5.91 Å². The number of carbonyl (C=O) groups is 1. The molecule has 0 fully saturated rings. The van der Waals surface area contributed by atoms with Gasteiger partial charge in [-0.1, -0.05) is 36.4 Å². The normalized spacial score (nSPS) is 10.7. The Morgan fingerprint density at radius 3 is 2.54 bits per heavy atom. The van der Waals surface area contributed by atoms with Crippen LogP contribution in [0.4, 0.5) is 0 Å².